The van der Waals surface area contributed by atoms with Gasteiger partial charge >= 0.3 is 5.97 Å². The molecule has 0 aromatic rings. The molecule has 1 saturated carbocycles. The second-order valence-corrected chi connectivity index (χ2v) is 6.66. The van der Waals surface area contributed by atoms with Crippen LogP contribution in [0.5, 0.6) is 0 Å². The van der Waals surface area contributed by atoms with E-state index in [0.29, 0.717) is 25.8 Å². The van der Waals surface area contributed by atoms with Crippen LogP contribution in [0.3, 0.4) is 0 Å². The van der Waals surface area contributed by atoms with E-state index in [1.807, 2.05) is 20.8 Å². The van der Waals surface area contributed by atoms with Gasteiger partial charge in [-0.3, -0.25) is 14.4 Å². The fourth-order valence-electron chi connectivity index (χ4n) is 2.42. The molecule has 1 aliphatic rings. The van der Waals surface area contributed by atoms with E-state index in [-0.39, 0.29) is 17.9 Å². The molecule has 0 aromatic carbocycles. The highest BCUT2D eigenvalue weighted by Gasteiger charge is 2.33. The molecule has 6 heteroatoms. The maximum absolute atomic E-state index is 11.8. The zero-order chi connectivity index (χ0) is 16.0. The molecule has 0 saturated heterocycles. The third-order valence-corrected chi connectivity index (χ3v) is 3.73. The Bertz CT molecular complexity index is 401. The molecule has 6 nitrogen and oxygen atoms in total. The van der Waals surface area contributed by atoms with Gasteiger partial charge in [-0.1, -0.05) is 27.2 Å². The van der Waals surface area contributed by atoms with Crippen molar-refractivity contribution >= 4 is 17.8 Å². The third-order valence-electron chi connectivity index (χ3n) is 3.73. The Kier molecular flexibility index (Phi) is 6.18. The number of nitrogens with one attached hydrogen (secondary N) is 2. The van der Waals surface area contributed by atoms with E-state index in [9.17, 15) is 14.4 Å². The molecule has 0 heterocycles. The van der Waals surface area contributed by atoms with Gasteiger partial charge in [0.1, 0.15) is 0 Å². The molecule has 0 spiro atoms. The predicted molar refractivity (Wildman–Crippen MR) is 78.6 cm³/mol. The molecule has 0 aromatic heterocycles. The number of carbonyl (C=O) groups excluding carboxylic acids is 2. The molecule has 3 N–H and O–H groups in total. The van der Waals surface area contributed by atoms with Gasteiger partial charge in [-0.25, -0.2) is 0 Å². The summed E-state index contributed by atoms with van der Waals surface area (Å²) in [4.78, 5) is 34.4. The number of carbonyl (C=O) groups is 3. The van der Waals surface area contributed by atoms with Crippen LogP contribution in [0.15, 0.2) is 0 Å². The highest BCUT2D eigenvalue weighted by molar-refractivity contribution is 5.81. The molecular weight excluding hydrogens is 272 g/mol. The quantitative estimate of drug-likeness (QED) is 0.644. The van der Waals surface area contributed by atoms with E-state index in [1.165, 1.54) is 0 Å². The van der Waals surface area contributed by atoms with Gasteiger partial charge in [-0.2, -0.15) is 0 Å². The highest BCUT2D eigenvalue weighted by atomic mass is 16.4. The second kappa shape index (κ2) is 7.43. The van der Waals surface area contributed by atoms with Gasteiger partial charge in [0.2, 0.25) is 11.8 Å². The number of hydrogen-bond acceptors (Lipinski definition) is 3. The van der Waals surface area contributed by atoms with Gasteiger partial charge in [0, 0.05) is 24.4 Å². The molecule has 0 bridgehead atoms. The summed E-state index contributed by atoms with van der Waals surface area (Å²) in [6.07, 6.45) is 3.04. The molecule has 1 aliphatic carbocycles. The molecule has 21 heavy (non-hydrogen) atoms. The van der Waals surface area contributed by atoms with Crippen LogP contribution in [0.25, 0.3) is 0 Å². The zero-order valence-corrected chi connectivity index (χ0v) is 13.1. The normalized spacial score (nSPS) is 21.9. The Balaban J connectivity index is 2.23. The van der Waals surface area contributed by atoms with E-state index < -0.39 is 17.3 Å². The first kappa shape index (κ1) is 17.5. The second-order valence-electron chi connectivity index (χ2n) is 6.66. The molecule has 2 unspecified atom stereocenters. The molecule has 120 valence electrons. The fraction of sp³-hybridized carbons (Fsp3) is 0.800. The molecule has 2 amide bonds. The van der Waals surface area contributed by atoms with Crippen LogP contribution in [-0.4, -0.2) is 35.5 Å². The fourth-order valence-corrected chi connectivity index (χ4v) is 2.42. The number of carboxylic acids is 1. The van der Waals surface area contributed by atoms with E-state index >= 15 is 0 Å². The Morgan fingerprint density at radius 1 is 1.19 bits per heavy atom. The van der Waals surface area contributed by atoms with E-state index in [0.717, 1.165) is 12.8 Å². The van der Waals surface area contributed by atoms with Gasteiger partial charge in [0.05, 0.1) is 5.92 Å². The van der Waals surface area contributed by atoms with Crippen molar-refractivity contribution < 1.29 is 19.5 Å². The van der Waals surface area contributed by atoms with Crippen LogP contribution < -0.4 is 10.6 Å². The van der Waals surface area contributed by atoms with Crippen LogP contribution in [0.1, 0.15) is 52.9 Å². The van der Waals surface area contributed by atoms with Gasteiger partial charge in [-0.05, 0) is 19.3 Å². The van der Waals surface area contributed by atoms with Crippen molar-refractivity contribution in [1.82, 2.24) is 10.6 Å². The topological polar surface area (TPSA) is 95.5 Å². The van der Waals surface area contributed by atoms with Crippen LogP contribution in [-0.2, 0) is 14.4 Å². The summed E-state index contributed by atoms with van der Waals surface area (Å²) >= 11 is 0. The van der Waals surface area contributed by atoms with Gasteiger partial charge in [0.25, 0.3) is 0 Å². The van der Waals surface area contributed by atoms with Crippen LogP contribution in [0, 0.1) is 11.3 Å². The van der Waals surface area contributed by atoms with Crippen molar-refractivity contribution in [2.24, 2.45) is 11.3 Å². The lowest BCUT2D eigenvalue weighted by atomic mass is 9.96. The van der Waals surface area contributed by atoms with Crippen molar-refractivity contribution in [2.75, 3.05) is 6.54 Å². The van der Waals surface area contributed by atoms with Crippen LogP contribution >= 0.6 is 0 Å². The summed E-state index contributed by atoms with van der Waals surface area (Å²) < 4.78 is 0. The van der Waals surface area contributed by atoms with E-state index in [4.69, 9.17) is 5.11 Å². The van der Waals surface area contributed by atoms with E-state index in [1.54, 1.807) is 0 Å². The minimum atomic E-state index is -0.838. The molecular formula is C15H26N2O4. The van der Waals surface area contributed by atoms with Crippen molar-refractivity contribution in [1.29, 1.82) is 0 Å². The van der Waals surface area contributed by atoms with Crippen molar-refractivity contribution in [3.05, 3.63) is 0 Å². The Hall–Kier alpha value is -1.59. The molecule has 0 radical (unpaired) electrons. The number of amides is 2. The SMILES string of the molecule is CC(C)(C)C(=O)NCCCC(=O)NC1CCCC1C(=O)O. The van der Waals surface area contributed by atoms with E-state index in [2.05, 4.69) is 10.6 Å². The zero-order valence-electron chi connectivity index (χ0n) is 13.1. The van der Waals surface area contributed by atoms with Gasteiger partial charge in [-0.15, -0.1) is 0 Å². The van der Waals surface area contributed by atoms with Crippen LogP contribution in [0.2, 0.25) is 0 Å². The number of rotatable bonds is 6. The summed E-state index contributed by atoms with van der Waals surface area (Å²) in [6.45, 7) is 5.96. The predicted octanol–water partition coefficient (Wildman–Crippen LogP) is 1.30. The minimum absolute atomic E-state index is 0.0374. The summed E-state index contributed by atoms with van der Waals surface area (Å²) in [6, 6.07) is -0.251. The van der Waals surface area contributed by atoms with Gasteiger partial charge in [0.15, 0.2) is 0 Å². The lowest BCUT2D eigenvalue weighted by molar-refractivity contribution is -0.142. The lowest BCUT2D eigenvalue weighted by Crippen LogP contribution is -2.40. The molecule has 1 rings (SSSR count). The van der Waals surface area contributed by atoms with Crippen LogP contribution in [0.4, 0.5) is 0 Å². The average Bonchev–Trinajstić information content (AvgIpc) is 2.81. The Morgan fingerprint density at radius 3 is 2.43 bits per heavy atom. The molecule has 2 atom stereocenters. The summed E-state index contributed by atoms with van der Waals surface area (Å²) in [5.74, 6) is -1.48. The highest BCUT2D eigenvalue weighted by Crippen LogP contribution is 2.25. The molecule has 1 fully saturated rings. The number of aliphatic carboxylic acids is 1. The standard InChI is InChI=1S/C15H26N2O4/c1-15(2,3)14(21)16-9-5-8-12(18)17-11-7-4-6-10(11)13(19)20/h10-11H,4-9H2,1-3H3,(H,16,21)(H,17,18)(H,19,20). The van der Waals surface area contributed by atoms with Crippen molar-refractivity contribution in [3.63, 3.8) is 0 Å². The number of hydrogen-bond donors (Lipinski definition) is 3. The Morgan fingerprint density at radius 2 is 1.86 bits per heavy atom. The minimum Gasteiger partial charge on any atom is -0.481 e. The number of carboxylic acid groups (broad SMARTS) is 1. The third kappa shape index (κ3) is 5.73. The lowest BCUT2D eigenvalue weighted by Gasteiger charge is -2.18. The molecule has 0 aliphatic heterocycles. The largest absolute Gasteiger partial charge is 0.481 e. The summed E-state index contributed by atoms with van der Waals surface area (Å²) in [5.41, 5.74) is -0.430. The smallest absolute Gasteiger partial charge is 0.308 e. The first-order valence-corrected chi connectivity index (χ1v) is 7.52. The van der Waals surface area contributed by atoms with Gasteiger partial charge < -0.3 is 15.7 Å². The van der Waals surface area contributed by atoms with Crippen molar-refractivity contribution in [3.8, 4) is 0 Å². The first-order valence-electron chi connectivity index (χ1n) is 7.52. The monoisotopic (exact) mass is 298 g/mol. The van der Waals surface area contributed by atoms with Crippen molar-refractivity contribution in [2.45, 2.75) is 58.9 Å². The Labute approximate surface area is 125 Å². The first-order chi connectivity index (χ1) is 9.71. The maximum atomic E-state index is 11.8. The summed E-state index contributed by atoms with van der Waals surface area (Å²) in [5, 5.41) is 14.6. The summed E-state index contributed by atoms with van der Waals surface area (Å²) in [7, 11) is 0. The average molecular weight is 298 g/mol. The maximum Gasteiger partial charge on any atom is 0.308 e.